The number of benzene rings is 1. The third-order valence-corrected chi connectivity index (χ3v) is 2.48. The lowest BCUT2D eigenvalue weighted by Crippen LogP contribution is -2.12. The van der Waals surface area contributed by atoms with E-state index < -0.39 is 5.82 Å². The monoisotopic (exact) mass is 274 g/mol. The van der Waals surface area contributed by atoms with Gasteiger partial charge in [-0.2, -0.15) is 0 Å². The summed E-state index contributed by atoms with van der Waals surface area (Å²) in [5.41, 5.74) is 0.780. The van der Waals surface area contributed by atoms with E-state index in [1.165, 1.54) is 18.3 Å². The first-order chi connectivity index (χ1) is 9.56. The average molecular weight is 274 g/mol. The Bertz CT molecular complexity index is 600. The number of carbonyl (C=O) groups is 1. The highest BCUT2D eigenvalue weighted by atomic mass is 19.1. The number of anilines is 1. The number of hydrogen-bond acceptors (Lipinski definition) is 3. The lowest BCUT2D eigenvalue weighted by molar-refractivity contribution is 0.102. The van der Waals surface area contributed by atoms with Gasteiger partial charge in [0.05, 0.1) is 11.7 Å². The van der Waals surface area contributed by atoms with Crippen molar-refractivity contribution in [2.45, 2.75) is 20.0 Å². The van der Waals surface area contributed by atoms with Crippen molar-refractivity contribution in [3.8, 4) is 5.75 Å². The second-order valence-corrected chi connectivity index (χ2v) is 4.51. The number of rotatable bonds is 4. The van der Waals surface area contributed by atoms with Crippen LogP contribution in [0.25, 0.3) is 0 Å². The van der Waals surface area contributed by atoms with Crippen molar-refractivity contribution in [3.63, 3.8) is 0 Å². The highest BCUT2D eigenvalue weighted by Crippen LogP contribution is 2.22. The van der Waals surface area contributed by atoms with Crippen LogP contribution < -0.4 is 10.1 Å². The summed E-state index contributed by atoms with van der Waals surface area (Å²) in [5, 5.41) is 2.61. The van der Waals surface area contributed by atoms with Crippen LogP contribution in [0.1, 0.15) is 24.2 Å². The maximum absolute atomic E-state index is 13.8. The molecule has 0 spiro atoms. The Morgan fingerprint density at radius 1 is 1.35 bits per heavy atom. The van der Waals surface area contributed by atoms with Gasteiger partial charge in [-0.05, 0) is 38.1 Å². The van der Waals surface area contributed by atoms with E-state index in [1.807, 2.05) is 13.8 Å². The zero-order valence-corrected chi connectivity index (χ0v) is 11.3. The molecule has 0 saturated carbocycles. The normalized spacial score (nSPS) is 10.4. The smallest absolute Gasteiger partial charge is 0.257 e. The molecule has 1 amide bonds. The molecule has 4 nitrogen and oxygen atoms in total. The molecule has 0 bridgehead atoms. The number of halogens is 1. The standard InChI is InChI=1S/C15H15FN2O2/c1-10(2)20-14-6-5-12(8-13(14)16)18-15(19)11-4-3-7-17-9-11/h3-10H,1-2H3,(H,18,19). The summed E-state index contributed by atoms with van der Waals surface area (Å²) in [5.74, 6) is -0.683. The van der Waals surface area contributed by atoms with Crippen LogP contribution in [0.2, 0.25) is 0 Å². The quantitative estimate of drug-likeness (QED) is 0.931. The molecule has 1 heterocycles. The highest BCUT2D eigenvalue weighted by Gasteiger charge is 2.10. The number of pyridine rings is 1. The minimum atomic E-state index is -0.511. The van der Waals surface area contributed by atoms with Crippen LogP contribution in [0.4, 0.5) is 10.1 Å². The second kappa shape index (κ2) is 6.14. The van der Waals surface area contributed by atoms with Crippen LogP contribution in [0.5, 0.6) is 5.75 Å². The third kappa shape index (κ3) is 3.54. The highest BCUT2D eigenvalue weighted by molar-refractivity contribution is 6.04. The number of hydrogen-bond donors (Lipinski definition) is 1. The van der Waals surface area contributed by atoms with E-state index in [0.717, 1.165) is 0 Å². The zero-order valence-electron chi connectivity index (χ0n) is 11.3. The first-order valence-electron chi connectivity index (χ1n) is 6.24. The van der Waals surface area contributed by atoms with Gasteiger partial charge < -0.3 is 10.1 Å². The topological polar surface area (TPSA) is 51.2 Å². The minimum absolute atomic E-state index is 0.111. The molecule has 1 N–H and O–H groups in total. The Morgan fingerprint density at radius 2 is 2.15 bits per heavy atom. The molecule has 2 aromatic rings. The van der Waals surface area contributed by atoms with E-state index in [9.17, 15) is 9.18 Å². The van der Waals surface area contributed by atoms with Crippen LogP contribution in [-0.4, -0.2) is 17.0 Å². The van der Waals surface area contributed by atoms with Gasteiger partial charge in [-0.25, -0.2) is 4.39 Å². The summed E-state index contributed by atoms with van der Waals surface area (Å²) in [6.45, 7) is 3.63. The summed E-state index contributed by atoms with van der Waals surface area (Å²) < 4.78 is 19.1. The molecule has 20 heavy (non-hydrogen) atoms. The number of nitrogens with one attached hydrogen (secondary N) is 1. The lowest BCUT2D eigenvalue weighted by atomic mass is 10.2. The Balaban J connectivity index is 2.11. The van der Waals surface area contributed by atoms with Crippen molar-refractivity contribution in [2.24, 2.45) is 0 Å². The molecule has 1 aromatic carbocycles. The fraction of sp³-hybridized carbons (Fsp3) is 0.200. The lowest BCUT2D eigenvalue weighted by Gasteiger charge is -2.12. The van der Waals surface area contributed by atoms with Gasteiger partial charge in [0, 0.05) is 24.1 Å². The molecular formula is C15H15FN2O2. The molecule has 0 atom stereocenters. The van der Waals surface area contributed by atoms with Crippen molar-refractivity contribution in [2.75, 3.05) is 5.32 Å². The SMILES string of the molecule is CC(C)Oc1ccc(NC(=O)c2cccnc2)cc1F. The van der Waals surface area contributed by atoms with Crippen molar-refractivity contribution in [1.29, 1.82) is 0 Å². The van der Waals surface area contributed by atoms with Crippen LogP contribution >= 0.6 is 0 Å². The molecule has 0 saturated heterocycles. The molecule has 1 aromatic heterocycles. The number of nitrogens with zero attached hydrogens (tertiary/aromatic N) is 1. The van der Waals surface area contributed by atoms with Gasteiger partial charge in [-0.15, -0.1) is 0 Å². The molecule has 0 unspecified atom stereocenters. The first-order valence-corrected chi connectivity index (χ1v) is 6.24. The van der Waals surface area contributed by atoms with Gasteiger partial charge in [0.2, 0.25) is 0 Å². The molecule has 5 heteroatoms. The maximum Gasteiger partial charge on any atom is 0.257 e. The predicted octanol–water partition coefficient (Wildman–Crippen LogP) is 3.26. The Hall–Kier alpha value is -2.43. The number of aromatic nitrogens is 1. The molecule has 0 radical (unpaired) electrons. The summed E-state index contributed by atoms with van der Waals surface area (Å²) in [6, 6.07) is 7.61. The van der Waals surface area contributed by atoms with Crippen molar-refractivity contribution in [1.82, 2.24) is 4.98 Å². The van der Waals surface area contributed by atoms with Crippen LogP contribution in [-0.2, 0) is 0 Å². The van der Waals surface area contributed by atoms with E-state index >= 15 is 0 Å². The second-order valence-electron chi connectivity index (χ2n) is 4.51. The van der Waals surface area contributed by atoms with Gasteiger partial charge in [0.15, 0.2) is 11.6 Å². The van der Waals surface area contributed by atoms with Crippen molar-refractivity contribution in [3.05, 3.63) is 54.1 Å². The fourth-order valence-corrected chi connectivity index (χ4v) is 1.63. The summed E-state index contributed by atoms with van der Waals surface area (Å²) in [4.78, 5) is 15.7. The predicted molar refractivity (Wildman–Crippen MR) is 74.4 cm³/mol. The van der Waals surface area contributed by atoms with Gasteiger partial charge >= 0.3 is 0 Å². The minimum Gasteiger partial charge on any atom is -0.488 e. The summed E-state index contributed by atoms with van der Waals surface area (Å²) in [6.07, 6.45) is 2.91. The van der Waals surface area contributed by atoms with E-state index in [4.69, 9.17) is 4.74 Å². The number of ether oxygens (including phenoxy) is 1. The van der Waals surface area contributed by atoms with Crippen LogP contribution in [0.3, 0.4) is 0 Å². The Kier molecular flexibility index (Phi) is 4.30. The number of amides is 1. The Morgan fingerprint density at radius 3 is 2.75 bits per heavy atom. The molecule has 0 aliphatic heterocycles. The molecule has 0 aliphatic rings. The summed E-state index contributed by atoms with van der Waals surface area (Å²) >= 11 is 0. The van der Waals surface area contributed by atoms with E-state index in [2.05, 4.69) is 10.3 Å². The van der Waals surface area contributed by atoms with E-state index in [1.54, 1.807) is 24.4 Å². The molecular weight excluding hydrogens is 259 g/mol. The zero-order chi connectivity index (χ0) is 14.5. The number of carbonyl (C=O) groups excluding carboxylic acids is 1. The van der Waals surface area contributed by atoms with Gasteiger partial charge in [-0.1, -0.05) is 0 Å². The average Bonchev–Trinajstić information content (AvgIpc) is 2.42. The van der Waals surface area contributed by atoms with Crippen molar-refractivity contribution >= 4 is 11.6 Å². The van der Waals surface area contributed by atoms with Crippen LogP contribution in [0.15, 0.2) is 42.7 Å². The summed E-state index contributed by atoms with van der Waals surface area (Å²) in [7, 11) is 0. The third-order valence-electron chi connectivity index (χ3n) is 2.48. The van der Waals surface area contributed by atoms with E-state index in [-0.39, 0.29) is 17.8 Å². The van der Waals surface area contributed by atoms with Gasteiger partial charge in [0.25, 0.3) is 5.91 Å². The van der Waals surface area contributed by atoms with Crippen LogP contribution in [0, 0.1) is 5.82 Å². The Labute approximate surface area is 116 Å². The largest absolute Gasteiger partial charge is 0.488 e. The van der Waals surface area contributed by atoms with Crippen molar-refractivity contribution < 1.29 is 13.9 Å². The van der Waals surface area contributed by atoms with Gasteiger partial charge in [0.1, 0.15) is 0 Å². The molecule has 0 aliphatic carbocycles. The first kappa shape index (κ1) is 14.0. The van der Waals surface area contributed by atoms with Gasteiger partial charge in [-0.3, -0.25) is 9.78 Å². The fourth-order valence-electron chi connectivity index (χ4n) is 1.63. The molecule has 104 valence electrons. The molecule has 0 fully saturated rings. The maximum atomic E-state index is 13.8. The molecule has 2 rings (SSSR count). The van der Waals surface area contributed by atoms with E-state index in [0.29, 0.717) is 11.3 Å².